The first kappa shape index (κ1) is 14.3. The fourth-order valence-corrected chi connectivity index (χ4v) is 13.3. The molecule has 1 saturated carbocycles. The summed E-state index contributed by atoms with van der Waals surface area (Å²) in [5, 5.41) is 0. The highest BCUT2D eigenvalue weighted by atomic mass is 28.3. The van der Waals surface area contributed by atoms with Crippen LogP contribution in [0.2, 0.25) is 22.2 Å². The molecule has 0 saturated heterocycles. The zero-order valence-corrected chi connectivity index (χ0v) is 13.3. The second-order valence-corrected chi connectivity index (χ2v) is 13.1. The van der Waals surface area contributed by atoms with E-state index in [2.05, 4.69) is 41.5 Å². The molecule has 1 aliphatic carbocycles. The molecule has 0 heterocycles. The zero-order chi connectivity index (χ0) is 12.3. The standard InChI is InChI=1S/C15H32Si/c1-12(2)16(13(3)4,14(5)6)15-10-8-7-9-11-15/h12-15H,7-11H2,1-6H3. The summed E-state index contributed by atoms with van der Waals surface area (Å²) in [6.45, 7) is 15.1. The van der Waals surface area contributed by atoms with Gasteiger partial charge in [0.05, 0.1) is 8.07 Å². The molecule has 0 amide bonds. The average Bonchev–Trinajstić information content (AvgIpc) is 2.18. The van der Waals surface area contributed by atoms with Crippen molar-refractivity contribution >= 4 is 8.07 Å². The third-order valence-corrected chi connectivity index (χ3v) is 13.3. The maximum atomic E-state index is 2.51. The van der Waals surface area contributed by atoms with Gasteiger partial charge in [-0.15, -0.1) is 0 Å². The first-order valence-corrected chi connectivity index (χ1v) is 9.74. The summed E-state index contributed by atoms with van der Waals surface area (Å²) in [6, 6.07) is 0. The molecule has 1 heteroatoms. The van der Waals surface area contributed by atoms with Crippen molar-refractivity contribution in [1.82, 2.24) is 0 Å². The molecule has 0 aromatic carbocycles. The zero-order valence-electron chi connectivity index (χ0n) is 12.3. The summed E-state index contributed by atoms with van der Waals surface area (Å²) in [5.74, 6) is 0. The smallest absolute Gasteiger partial charge is 0.0643 e. The average molecular weight is 241 g/mol. The molecule has 1 fully saturated rings. The van der Waals surface area contributed by atoms with Gasteiger partial charge in [0.15, 0.2) is 0 Å². The molecule has 1 rings (SSSR count). The van der Waals surface area contributed by atoms with Crippen LogP contribution in [0.15, 0.2) is 0 Å². The van der Waals surface area contributed by atoms with Gasteiger partial charge in [-0.05, 0) is 5.54 Å². The van der Waals surface area contributed by atoms with Gasteiger partial charge in [-0.25, -0.2) is 0 Å². The normalized spacial score (nSPS) is 20.1. The van der Waals surface area contributed by atoms with Crippen molar-refractivity contribution in [2.45, 2.75) is 95.8 Å². The van der Waals surface area contributed by atoms with Gasteiger partial charge in [0.25, 0.3) is 0 Å². The first-order valence-electron chi connectivity index (χ1n) is 7.44. The number of hydrogen-bond acceptors (Lipinski definition) is 0. The van der Waals surface area contributed by atoms with Crippen LogP contribution in [0, 0.1) is 0 Å². The van der Waals surface area contributed by atoms with E-state index in [4.69, 9.17) is 0 Å². The molecule has 0 aliphatic heterocycles. The fourth-order valence-electron chi connectivity index (χ4n) is 5.02. The molecule has 0 N–H and O–H groups in total. The number of rotatable bonds is 4. The molecule has 0 nitrogen and oxygen atoms in total. The predicted octanol–water partition coefficient (Wildman–Crippen LogP) is 6.00. The molecule has 0 aromatic heterocycles. The van der Waals surface area contributed by atoms with Crippen molar-refractivity contribution in [3.63, 3.8) is 0 Å². The van der Waals surface area contributed by atoms with E-state index in [1.165, 1.54) is 19.3 Å². The van der Waals surface area contributed by atoms with Crippen LogP contribution in [0.1, 0.15) is 73.6 Å². The lowest BCUT2D eigenvalue weighted by Gasteiger charge is -2.50. The molecule has 0 aromatic rings. The molecule has 0 spiro atoms. The summed E-state index contributed by atoms with van der Waals surface area (Å²) < 4.78 is 0. The summed E-state index contributed by atoms with van der Waals surface area (Å²) >= 11 is 0. The van der Waals surface area contributed by atoms with Crippen LogP contribution in [0.4, 0.5) is 0 Å². The van der Waals surface area contributed by atoms with E-state index >= 15 is 0 Å². The van der Waals surface area contributed by atoms with E-state index in [0.29, 0.717) is 0 Å². The monoisotopic (exact) mass is 240 g/mol. The van der Waals surface area contributed by atoms with Crippen LogP contribution in [-0.2, 0) is 0 Å². The van der Waals surface area contributed by atoms with Gasteiger partial charge in [0.1, 0.15) is 0 Å². The minimum absolute atomic E-state index is 0.954. The maximum Gasteiger partial charge on any atom is 0.0643 e. The predicted molar refractivity (Wildman–Crippen MR) is 77.9 cm³/mol. The molecule has 0 unspecified atom stereocenters. The van der Waals surface area contributed by atoms with Crippen molar-refractivity contribution in [2.75, 3.05) is 0 Å². The van der Waals surface area contributed by atoms with Crippen molar-refractivity contribution in [2.24, 2.45) is 0 Å². The van der Waals surface area contributed by atoms with Crippen LogP contribution in [0.5, 0.6) is 0 Å². The minimum atomic E-state index is -1.13. The molecular formula is C15H32Si. The van der Waals surface area contributed by atoms with Gasteiger partial charge < -0.3 is 0 Å². The highest BCUT2D eigenvalue weighted by Gasteiger charge is 2.48. The molecule has 1 aliphatic rings. The highest BCUT2D eigenvalue weighted by Crippen LogP contribution is 2.53. The summed E-state index contributed by atoms with van der Waals surface area (Å²) in [4.78, 5) is 0. The first-order chi connectivity index (χ1) is 7.44. The Morgan fingerprint density at radius 2 is 1.06 bits per heavy atom. The lowest BCUT2D eigenvalue weighted by molar-refractivity contribution is 0.475. The molecule has 96 valence electrons. The van der Waals surface area contributed by atoms with Crippen LogP contribution in [0.25, 0.3) is 0 Å². The van der Waals surface area contributed by atoms with Gasteiger partial charge in [0, 0.05) is 0 Å². The quantitative estimate of drug-likeness (QED) is 0.529. The Labute approximate surface area is 104 Å². The second-order valence-electron chi connectivity index (χ2n) is 6.80. The SMILES string of the molecule is CC(C)[Si](C(C)C)(C(C)C)C1CCCCC1. The van der Waals surface area contributed by atoms with E-state index in [0.717, 1.165) is 22.2 Å². The van der Waals surface area contributed by atoms with Crippen molar-refractivity contribution in [3.05, 3.63) is 0 Å². The minimum Gasteiger partial charge on any atom is -0.0651 e. The fraction of sp³-hybridized carbons (Fsp3) is 1.00. The van der Waals surface area contributed by atoms with Crippen molar-refractivity contribution in [3.8, 4) is 0 Å². The Kier molecular flexibility index (Phi) is 5.09. The topological polar surface area (TPSA) is 0 Å². The van der Waals surface area contributed by atoms with Gasteiger partial charge in [-0.2, -0.15) is 0 Å². The van der Waals surface area contributed by atoms with Gasteiger partial charge in [-0.1, -0.05) is 90.3 Å². The lowest BCUT2D eigenvalue weighted by atomic mass is 10.0. The molecule has 0 radical (unpaired) electrons. The van der Waals surface area contributed by atoms with Gasteiger partial charge in [-0.3, -0.25) is 0 Å². The molecule has 16 heavy (non-hydrogen) atoms. The molecule has 0 bridgehead atoms. The van der Waals surface area contributed by atoms with E-state index in [9.17, 15) is 0 Å². The Morgan fingerprint density at radius 1 is 0.688 bits per heavy atom. The lowest BCUT2D eigenvalue weighted by Crippen LogP contribution is -2.49. The van der Waals surface area contributed by atoms with E-state index in [1.807, 2.05) is 0 Å². The summed E-state index contributed by atoms with van der Waals surface area (Å²) in [7, 11) is -1.13. The molecule has 0 atom stereocenters. The van der Waals surface area contributed by atoms with Crippen molar-refractivity contribution in [1.29, 1.82) is 0 Å². The number of hydrogen-bond donors (Lipinski definition) is 0. The van der Waals surface area contributed by atoms with E-state index in [1.54, 1.807) is 12.8 Å². The van der Waals surface area contributed by atoms with E-state index in [-0.39, 0.29) is 0 Å². The van der Waals surface area contributed by atoms with Crippen LogP contribution in [0.3, 0.4) is 0 Å². The third-order valence-electron chi connectivity index (χ3n) is 5.31. The van der Waals surface area contributed by atoms with Crippen molar-refractivity contribution < 1.29 is 0 Å². The molecular weight excluding hydrogens is 208 g/mol. The third kappa shape index (κ3) is 2.39. The maximum absolute atomic E-state index is 2.51. The Balaban J connectivity index is 2.99. The Hall–Kier alpha value is 0.217. The van der Waals surface area contributed by atoms with Gasteiger partial charge in [0.2, 0.25) is 0 Å². The van der Waals surface area contributed by atoms with Gasteiger partial charge >= 0.3 is 0 Å². The Bertz CT molecular complexity index is 178. The summed E-state index contributed by atoms with van der Waals surface area (Å²) in [6.07, 6.45) is 7.59. The largest absolute Gasteiger partial charge is 0.0651 e. The van der Waals surface area contributed by atoms with Crippen LogP contribution >= 0.6 is 0 Å². The summed E-state index contributed by atoms with van der Waals surface area (Å²) in [5.41, 5.74) is 3.98. The second kappa shape index (κ2) is 5.71. The van der Waals surface area contributed by atoms with E-state index < -0.39 is 8.07 Å². The Morgan fingerprint density at radius 3 is 1.38 bits per heavy atom. The van der Waals surface area contributed by atoms with Crippen LogP contribution in [-0.4, -0.2) is 8.07 Å². The highest BCUT2D eigenvalue weighted by molar-refractivity contribution is 6.84. The van der Waals surface area contributed by atoms with Crippen LogP contribution < -0.4 is 0 Å².